The summed E-state index contributed by atoms with van der Waals surface area (Å²) in [6.07, 6.45) is 7.19. The number of fused-ring (bicyclic) bond motifs is 11. The van der Waals surface area contributed by atoms with Gasteiger partial charge in [0.1, 0.15) is 11.2 Å². The highest BCUT2D eigenvalue weighted by Gasteiger charge is 2.54. The molecular formula is C51H31N4O2PS. The van der Waals surface area contributed by atoms with Crippen molar-refractivity contribution in [2.24, 2.45) is 0 Å². The Morgan fingerprint density at radius 2 is 1.17 bits per heavy atom. The Labute approximate surface area is 344 Å². The zero-order chi connectivity index (χ0) is 39.1. The van der Waals surface area contributed by atoms with Crippen LogP contribution >= 0.6 is 18.9 Å². The quantitative estimate of drug-likeness (QED) is 0.164. The van der Waals surface area contributed by atoms with Crippen molar-refractivity contribution in [1.82, 2.24) is 19.9 Å². The van der Waals surface area contributed by atoms with Gasteiger partial charge < -0.3 is 8.98 Å². The normalized spacial score (nSPS) is 17.6. The lowest BCUT2D eigenvalue weighted by Crippen LogP contribution is -2.48. The Kier molecular flexibility index (Phi) is 7.55. The molecule has 0 bridgehead atoms. The SMILES string of the molecule is O=P1(c2ccccc2)c2ccccc2C2(c3ccccc3Sc3cc(-c4nc(-c5cccnc5)cc(-c5cccnc5)n4)ccc32)c2cc3c(cc21)oc1ccccc13. The highest BCUT2D eigenvalue weighted by atomic mass is 32.2. The Balaban J connectivity index is 1.17. The van der Waals surface area contributed by atoms with Crippen molar-refractivity contribution in [3.8, 4) is 33.9 Å². The second-order valence-electron chi connectivity index (χ2n) is 14.9. The van der Waals surface area contributed by atoms with Gasteiger partial charge in [-0.25, -0.2) is 9.97 Å². The van der Waals surface area contributed by atoms with Gasteiger partial charge in [-0.2, -0.15) is 0 Å². The minimum Gasteiger partial charge on any atom is -0.456 e. The molecule has 0 aliphatic carbocycles. The molecule has 0 amide bonds. The maximum absolute atomic E-state index is 16.5. The molecular weight excluding hydrogens is 764 g/mol. The largest absolute Gasteiger partial charge is 0.456 e. The van der Waals surface area contributed by atoms with Crippen LogP contribution in [-0.2, 0) is 9.98 Å². The first-order valence-electron chi connectivity index (χ1n) is 19.4. The summed E-state index contributed by atoms with van der Waals surface area (Å²) in [5.41, 5.74) is 9.22. The number of rotatable bonds is 4. The van der Waals surface area contributed by atoms with Crippen LogP contribution in [0, 0.1) is 0 Å². The molecule has 10 aromatic rings. The van der Waals surface area contributed by atoms with E-state index in [0.29, 0.717) is 5.82 Å². The lowest BCUT2D eigenvalue weighted by atomic mass is 9.64. The van der Waals surface area contributed by atoms with Crippen LogP contribution in [0.5, 0.6) is 0 Å². The van der Waals surface area contributed by atoms with E-state index in [1.165, 1.54) is 0 Å². The summed E-state index contributed by atoms with van der Waals surface area (Å²) in [6, 6.07) is 56.0. The molecule has 0 saturated heterocycles. The summed E-state index contributed by atoms with van der Waals surface area (Å²) in [6.45, 7) is 0. The summed E-state index contributed by atoms with van der Waals surface area (Å²) in [5.74, 6) is 0.603. The van der Waals surface area contributed by atoms with E-state index in [1.54, 1.807) is 24.2 Å². The average molecular weight is 795 g/mol. The van der Waals surface area contributed by atoms with Crippen molar-refractivity contribution in [2.75, 3.05) is 0 Å². The van der Waals surface area contributed by atoms with Crippen molar-refractivity contribution in [2.45, 2.75) is 15.2 Å². The highest BCUT2D eigenvalue weighted by molar-refractivity contribution is 7.99. The molecule has 2 aliphatic rings. The number of pyridine rings is 2. The average Bonchev–Trinajstić information content (AvgIpc) is 3.68. The van der Waals surface area contributed by atoms with Gasteiger partial charge in [0, 0.05) is 78.0 Å². The zero-order valence-electron chi connectivity index (χ0n) is 31.4. The Morgan fingerprint density at radius 1 is 0.492 bits per heavy atom. The first-order valence-corrected chi connectivity index (χ1v) is 22.0. The van der Waals surface area contributed by atoms with E-state index in [9.17, 15) is 0 Å². The van der Waals surface area contributed by atoms with E-state index in [-0.39, 0.29) is 0 Å². The molecule has 4 aromatic heterocycles. The molecule has 278 valence electrons. The lowest BCUT2D eigenvalue weighted by molar-refractivity contribution is 0.589. The smallest absolute Gasteiger partial charge is 0.171 e. The third-order valence-corrected chi connectivity index (χ3v) is 16.1. The standard InChI is InChI=1S/C51H31N4O2PS/c56-58(35-14-2-1-3-15-35)46-20-8-5-17-38(46)51(41-27-37-36-16-4-7-19-44(36)57-45(37)29-47(41)58)39-18-6-9-21-48(39)59-49-26-32(22-23-40(49)51)50-54-42(33-12-10-24-52-30-33)28-43(55-50)34-13-11-25-53-31-34/h1-31H. The molecule has 6 heterocycles. The van der Waals surface area contributed by atoms with Gasteiger partial charge in [0.25, 0.3) is 0 Å². The summed E-state index contributed by atoms with van der Waals surface area (Å²) in [5, 5.41) is 4.44. The van der Waals surface area contributed by atoms with Crippen LogP contribution in [0.4, 0.5) is 0 Å². The van der Waals surface area contributed by atoms with Crippen LogP contribution < -0.4 is 15.9 Å². The molecule has 1 spiro atoms. The fourth-order valence-electron chi connectivity index (χ4n) is 9.24. The maximum Gasteiger partial charge on any atom is 0.171 e. The molecule has 8 heteroatoms. The van der Waals surface area contributed by atoms with E-state index < -0.39 is 12.6 Å². The van der Waals surface area contributed by atoms with Gasteiger partial charge in [-0.3, -0.25) is 9.97 Å². The van der Waals surface area contributed by atoms with Crippen LogP contribution in [0.1, 0.15) is 22.3 Å². The van der Waals surface area contributed by atoms with Crippen LogP contribution in [0.15, 0.2) is 203 Å². The van der Waals surface area contributed by atoms with Crippen LogP contribution in [0.3, 0.4) is 0 Å². The maximum atomic E-state index is 16.5. The number of hydrogen-bond donors (Lipinski definition) is 0. The summed E-state index contributed by atoms with van der Waals surface area (Å²) >= 11 is 1.75. The van der Waals surface area contributed by atoms with E-state index in [0.717, 1.165) is 98.0 Å². The molecule has 6 nitrogen and oxygen atoms in total. The Bertz CT molecular complexity index is 3300. The molecule has 2 aliphatic heterocycles. The molecule has 59 heavy (non-hydrogen) atoms. The third-order valence-electron chi connectivity index (χ3n) is 11.8. The fraction of sp³-hybridized carbons (Fsp3) is 0.0196. The van der Waals surface area contributed by atoms with E-state index in [4.69, 9.17) is 14.4 Å². The molecule has 0 saturated carbocycles. The van der Waals surface area contributed by atoms with E-state index >= 15 is 4.57 Å². The third kappa shape index (κ3) is 4.99. The van der Waals surface area contributed by atoms with Crippen molar-refractivity contribution >= 4 is 56.8 Å². The first-order chi connectivity index (χ1) is 29.1. The second-order valence-corrected chi connectivity index (χ2v) is 18.7. The summed E-state index contributed by atoms with van der Waals surface area (Å²) < 4.78 is 23.0. The molecule has 0 N–H and O–H groups in total. The summed E-state index contributed by atoms with van der Waals surface area (Å²) in [4.78, 5) is 21.3. The Morgan fingerprint density at radius 3 is 1.93 bits per heavy atom. The second kappa shape index (κ2) is 13.0. The van der Waals surface area contributed by atoms with Crippen molar-refractivity contribution in [3.05, 3.63) is 211 Å². The molecule has 0 radical (unpaired) electrons. The van der Waals surface area contributed by atoms with Crippen LogP contribution in [0.2, 0.25) is 0 Å². The number of nitrogens with zero attached hydrogens (tertiary/aromatic N) is 4. The monoisotopic (exact) mass is 794 g/mol. The zero-order valence-corrected chi connectivity index (χ0v) is 33.1. The topological polar surface area (TPSA) is 81.8 Å². The van der Waals surface area contributed by atoms with Gasteiger partial charge in [-0.1, -0.05) is 115 Å². The molecule has 12 rings (SSSR count). The molecule has 2 atom stereocenters. The number of furan rings is 1. The van der Waals surface area contributed by atoms with Crippen LogP contribution in [0.25, 0.3) is 55.8 Å². The van der Waals surface area contributed by atoms with E-state index in [2.05, 4.69) is 88.8 Å². The molecule has 2 unspecified atom stereocenters. The number of para-hydroxylation sites is 1. The van der Waals surface area contributed by atoms with Gasteiger partial charge in [0.05, 0.1) is 16.8 Å². The number of hydrogen-bond acceptors (Lipinski definition) is 7. The van der Waals surface area contributed by atoms with Crippen molar-refractivity contribution in [3.63, 3.8) is 0 Å². The number of aromatic nitrogens is 4. The Hall–Kier alpha value is -6.92. The van der Waals surface area contributed by atoms with Gasteiger partial charge >= 0.3 is 0 Å². The minimum absolute atomic E-state index is 0.603. The van der Waals surface area contributed by atoms with Gasteiger partial charge in [-0.15, -0.1) is 0 Å². The van der Waals surface area contributed by atoms with Gasteiger partial charge in [-0.05, 0) is 82.9 Å². The highest BCUT2D eigenvalue weighted by Crippen LogP contribution is 2.62. The van der Waals surface area contributed by atoms with E-state index in [1.807, 2.05) is 97.3 Å². The van der Waals surface area contributed by atoms with Crippen molar-refractivity contribution in [1.29, 1.82) is 0 Å². The predicted molar refractivity (Wildman–Crippen MR) is 237 cm³/mol. The minimum atomic E-state index is -3.43. The molecule has 0 fully saturated rings. The molecule has 6 aromatic carbocycles. The fourth-order valence-corrected chi connectivity index (χ4v) is 13.6. The van der Waals surface area contributed by atoms with Gasteiger partial charge in [0.2, 0.25) is 0 Å². The lowest BCUT2D eigenvalue weighted by Gasteiger charge is -2.47. The van der Waals surface area contributed by atoms with Gasteiger partial charge in [0.15, 0.2) is 13.0 Å². The van der Waals surface area contributed by atoms with Crippen LogP contribution in [-0.4, -0.2) is 19.9 Å². The number of benzene rings is 6. The first kappa shape index (κ1) is 34.1. The summed E-state index contributed by atoms with van der Waals surface area (Å²) in [7, 11) is -3.43. The van der Waals surface area contributed by atoms with Crippen molar-refractivity contribution < 1.29 is 8.98 Å². The predicted octanol–water partition coefficient (Wildman–Crippen LogP) is 11.0.